The average molecular weight is 368 g/mol. The molecule has 2 fully saturated rings. The third-order valence-corrected chi connectivity index (χ3v) is 5.26. The van der Waals surface area contributed by atoms with Gasteiger partial charge >= 0.3 is 0 Å². The van der Waals surface area contributed by atoms with Gasteiger partial charge in [0.15, 0.2) is 0 Å². The fourth-order valence-electron chi connectivity index (χ4n) is 3.76. The number of rotatable bonds is 5. The molecule has 2 aliphatic rings. The van der Waals surface area contributed by atoms with Gasteiger partial charge in [-0.2, -0.15) is 15.0 Å². The Balaban J connectivity index is 1.63. The number of aromatic nitrogens is 3. The summed E-state index contributed by atoms with van der Waals surface area (Å²) >= 11 is 0. The molecule has 0 aliphatic carbocycles. The quantitative estimate of drug-likeness (QED) is 0.840. The van der Waals surface area contributed by atoms with Crippen LogP contribution in [0.1, 0.15) is 44.1 Å². The molecular weight excluding hydrogens is 340 g/mol. The highest BCUT2D eigenvalue weighted by atomic mass is 16.3. The maximum Gasteiger partial charge on any atom is 0.233 e. The summed E-state index contributed by atoms with van der Waals surface area (Å²) in [5.74, 6) is 2.11. The summed E-state index contributed by atoms with van der Waals surface area (Å²) in [5, 5.41) is 12.7. The highest BCUT2D eigenvalue weighted by molar-refractivity contribution is 5.57. The van der Waals surface area contributed by atoms with Gasteiger partial charge in [0.1, 0.15) is 0 Å². The van der Waals surface area contributed by atoms with Gasteiger partial charge in [-0.05, 0) is 56.2 Å². The maximum absolute atomic E-state index is 9.37. The van der Waals surface area contributed by atoms with Crippen molar-refractivity contribution in [3.8, 4) is 0 Å². The largest absolute Gasteiger partial charge is 0.392 e. The van der Waals surface area contributed by atoms with Crippen LogP contribution >= 0.6 is 0 Å². The lowest BCUT2D eigenvalue weighted by Crippen LogP contribution is -2.34. The van der Waals surface area contributed by atoms with Gasteiger partial charge in [0.2, 0.25) is 17.8 Å². The third kappa shape index (κ3) is 4.47. The Kier molecular flexibility index (Phi) is 5.67. The Hall–Kier alpha value is -2.41. The predicted octanol–water partition coefficient (Wildman–Crippen LogP) is 3.09. The minimum atomic E-state index is 0.0186. The van der Waals surface area contributed by atoms with Crippen LogP contribution in [0.2, 0.25) is 0 Å². The van der Waals surface area contributed by atoms with Gasteiger partial charge in [0.25, 0.3) is 0 Å². The van der Waals surface area contributed by atoms with E-state index < -0.39 is 0 Å². The molecule has 0 atom stereocenters. The van der Waals surface area contributed by atoms with Crippen LogP contribution in [0.5, 0.6) is 0 Å². The first-order chi connectivity index (χ1) is 13.3. The smallest absolute Gasteiger partial charge is 0.233 e. The standard InChI is InChI=1S/C20H28N6O/c27-15-16-8-7-9-17(14-16)21-18-22-19(25-10-3-1-4-11-25)24-20(23-18)26-12-5-2-6-13-26/h7-9,14,27H,1-6,10-13,15H2,(H,21,22,23,24). The Labute approximate surface area is 160 Å². The zero-order valence-electron chi connectivity index (χ0n) is 15.8. The van der Waals surface area contributed by atoms with E-state index in [1.807, 2.05) is 24.3 Å². The number of aliphatic hydroxyl groups is 1. The summed E-state index contributed by atoms with van der Waals surface area (Å²) in [4.78, 5) is 18.8. The number of anilines is 4. The molecule has 7 nitrogen and oxygen atoms in total. The number of hydrogen-bond acceptors (Lipinski definition) is 7. The SMILES string of the molecule is OCc1cccc(Nc2nc(N3CCCCC3)nc(N3CCCCC3)n2)c1. The van der Waals surface area contributed by atoms with Crippen molar-refractivity contribution < 1.29 is 5.11 Å². The zero-order valence-corrected chi connectivity index (χ0v) is 15.8. The lowest BCUT2D eigenvalue weighted by molar-refractivity contribution is 0.282. The van der Waals surface area contributed by atoms with Gasteiger partial charge in [-0.1, -0.05) is 12.1 Å². The van der Waals surface area contributed by atoms with Crippen molar-refractivity contribution in [3.63, 3.8) is 0 Å². The van der Waals surface area contributed by atoms with Crippen molar-refractivity contribution in [1.82, 2.24) is 15.0 Å². The highest BCUT2D eigenvalue weighted by Crippen LogP contribution is 2.24. The molecule has 7 heteroatoms. The van der Waals surface area contributed by atoms with E-state index in [1.54, 1.807) is 0 Å². The molecule has 0 bridgehead atoms. The summed E-state index contributed by atoms with van der Waals surface area (Å²) in [6.45, 7) is 4.03. The first-order valence-electron chi connectivity index (χ1n) is 10.0. The van der Waals surface area contributed by atoms with Crippen molar-refractivity contribution in [2.75, 3.05) is 41.3 Å². The van der Waals surface area contributed by atoms with Crippen LogP contribution in [0.25, 0.3) is 0 Å². The lowest BCUT2D eigenvalue weighted by atomic mass is 10.1. The Morgan fingerprint density at radius 1 is 0.815 bits per heavy atom. The maximum atomic E-state index is 9.37. The molecule has 3 heterocycles. The molecule has 0 amide bonds. The van der Waals surface area contributed by atoms with Crippen molar-refractivity contribution in [3.05, 3.63) is 29.8 Å². The fraction of sp³-hybridized carbons (Fsp3) is 0.550. The molecule has 0 spiro atoms. The predicted molar refractivity (Wildman–Crippen MR) is 108 cm³/mol. The lowest BCUT2D eigenvalue weighted by Gasteiger charge is -2.30. The number of piperidine rings is 2. The Morgan fingerprint density at radius 2 is 1.41 bits per heavy atom. The molecule has 27 heavy (non-hydrogen) atoms. The Bertz CT molecular complexity index is 720. The van der Waals surface area contributed by atoms with E-state index in [-0.39, 0.29) is 6.61 Å². The van der Waals surface area contributed by atoms with E-state index in [9.17, 15) is 5.11 Å². The minimum absolute atomic E-state index is 0.0186. The molecule has 2 N–H and O–H groups in total. The van der Waals surface area contributed by atoms with Crippen LogP contribution in [0.4, 0.5) is 23.5 Å². The second kappa shape index (κ2) is 8.52. The molecular formula is C20H28N6O. The molecule has 1 aromatic carbocycles. The van der Waals surface area contributed by atoms with Gasteiger partial charge in [-0.3, -0.25) is 0 Å². The van der Waals surface area contributed by atoms with Crippen molar-refractivity contribution in [1.29, 1.82) is 0 Å². The molecule has 0 saturated carbocycles. The second-order valence-electron chi connectivity index (χ2n) is 7.34. The molecule has 0 radical (unpaired) electrons. The summed E-state index contributed by atoms with van der Waals surface area (Å²) in [7, 11) is 0. The molecule has 144 valence electrons. The summed E-state index contributed by atoms with van der Waals surface area (Å²) in [5.41, 5.74) is 1.74. The molecule has 1 aromatic heterocycles. The Morgan fingerprint density at radius 3 is 1.96 bits per heavy atom. The van der Waals surface area contributed by atoms with Gasteiger partial charge in [0, 0.05) is 31.9 Å². The van der Waals surface area contributed by atoms with E-state index >= 15 is 0 Å². The normalized spacial score (nSPS) is 17.8. The average Bonchev–Trinajstić information content (AvgIpc) is 2.75. The van der Waals surface area contributed by atoms with Crippen LogP contribution in [0.15, 0.2) is 24.3 Å². The van der Waals surface area contributed by atoms with E-state index in [0.717, 1.165) is 49.3 Å². The summed E-state index contributed by atoms with van der Waals surface area (Å²) < 4.78 is 0. The van der Waals surface area contributed by atoms with E-state index in [0.29, 0.717) is 5.95 Å². The molecule has 2 saturated heterocycles. The zero-order chi connectivity index (χ0) is 18.5. The van der Waals surface area contributed by atoms with Crippen LogP contribution in [-0.2, 0) is 6.61 Å². The van der Waals surface area contributed by atoms with Gasteiger partial charge < -0.3 is 20.2 Å². The van der Waals surface area contributed by atoms with Crippen LogP contribution < -0.4 is 15.1 Å². The van der Waals surface area contributed by atoms with E-state index in [1.165, 1.54) is 38.5 Å². The molecule has 0 unspecified atom stereocenters. The fourth-order valence-corrected chi connectivity index (χ4v) is 3.76. The monoisotopic (exact) mass is 368 g/mol. The van der Waals surface area contributed by atoms with Crippen molar-refractivity contribution >= 4 is 23.5 Å². The minimum Gasteiger partial charge on any atom is -0.392 e. The topological polar surface area (TPSA) is 77.4 Å². The van der Waals surface area contributed by atoms with E-state index in [2.05, 4.69) is 15.1 Å². The third-order valence-electron chi connectivity index (χ3n) is 5.26. The number of nitrogens with zero attached hydrogens (tertiary/aromatic N) is 5. The number of hydrogen-bond donors (Lipinski definition) is 2. The highest BCUT2D eigenvalue weighted by Gasteiger charge is 2.20. The number of nitrogens with one attached hydrogen (secondary N) is 1. The van der Waals surface area contributed by atoms with Gasteiger partial charge in [0.05, 0.1) is 6.61 Å². The molecule has 2 aliphatic heterocycles. The summed E-state index contributed by atoms with van der Waals surface area (Å²) in [6, 6.07) is 7.71. The second-order valence-corrected chi connectivity index (χ2v) is 7.34. The number of aliphatic hydroxyl groups excluding tert-OH is 1. The van der Waals surface area contributed by atoms with Crippen molar-refractivity contribution in [2.45, 2.75) is 45.1 Å². The number of benzene rings is 1. The summed E-state index contributed by atoms with van der Waals surface area (Å²) in [6.07, 6.45) is 7.30. The van der Waals surface area contributed by atoms with Crippen LogP contribution in [0.3, 0.4) is 0 Å². The molecule has 2 aromatic rings. The van der Waals surface area contributed by atoms with E-state index in [4.69, 9.17) is 15.0 Å². The van der Waals surface area contributed by atoms with Crippen LogP contribution in [0, 0.1) is 0 Å². The van der Waals surface area contributed by atoms with Crippen molar-refractivity contribution in [2.24, 2.45) is 0 Å². The van der Waals surface area contributed by atoms with Gasteiger partial charge in [-0.25, -0.2) is 0 Å². The van der Waals surface area contributed by atoms with Gasteiger partial charge in [-0.15, -0.1) is 0 Å². The molecule has 4 rings (SSSR count). The first-order valence-corrected chi connectivity index (χ1v) is 10.0. The van der Waals surface area contributed by atoms with Crippen LogP contribution in [-0.4, -0.2) is 46.2 Å². The first kappa shape index (κ1) is 18.0.